The van der Waals surface area contributed by atoms with E-state index >= 15 is 0 Å². The maximum Gasteiger partial charge on any atom is 0.306 e. The topological polar surface area (TPSA) is 42.1 Å². The fourth-order valence-electron chi connectivity index (χ4n) is 2.35. The van der Waals surface area contributed by atoms with E-state index in [1.54, 1.807) is 0 Å². The van der Waals surface area contributed by atoms with Crippen LogP contribution in [0, 0.1) is 13.8 Å². The number of hydrogen-bond donors (Lipinski definition) is 1. The first-order chi connectivity index (χ1) is 9.02. The molecule has 1 heterocycles. The van der Waals surface area contributed by atoms with Gasteiger partial charge < -0.3 is 9.72 Å². The zero-order valence-electron chi connectivity index (χ0n) is 11.5. The van der Waals surface area contributed by atoms with E-state index in [0.29, 0.717) is 19.4 Å². The Bertz CT molecular complexity index is 616. The largest absolute Gasteiger partial charge is 0.466 e. The van der Waals surface area contributed by atoms with Crippen LogP contribution in [-0.2, 0) is 16.0 Å². The predicted molar refractivity (Wildman–Crippen MR) is 77.7 cm³/mol. The molecule has 3 nitrogen and oxygen atoms in total. The lowest BCUT2D eigenvalue weighted by Gasteiger charge is -2.03. The number of aryl methyl sites for hydroxylation is 3. The summed E-state index contributed by atoms with van der Waals surface area (Å²) in [5, 5.41) is 1.83. The highest BCUT2D eigenvalue weighted by atomic mass is 35.5. The predicted octanol–water partition coefficient (Wildman–Crippen LogP) is 3.93. The number of carbonyl (C=O) groups excluding carboxylic acids is 1. The Morgan fingerprint density at radius 2 is 2.11 bits per heavy atom. The van der Waals surface area contributed by atoms with E-state index in [4.69, 9.17) is 16.3 Å². The van der Waals surface area contributed by atoms with Crippen molar-refractivity contribution >= 4 is 28.5 Å². The molecule has 0 atom stereocenters. The summed E-state index contributed by atoms with van der Waals surface area (Å²) < 4.78 is 4.96. The van der Waals surface area contributed by atoms with E-state index in [0.717, 1.165) is 32.7 Å². The Balaban J connectivity index is 2.32. The van der Waals surface area contributed by atoms with Gasteiger partial charge in [-0.15, -0.1) is 0 Å². The third-order valence-electron chi connectivity index (χ3n) is 3.21. The van der Waals surface area contributed by atoms with Crippen LogP contribution in [-0.4, -0.2) is 17.6 Å². The summed E-state index contributed by atoms with van der Waals surface area (Å²) in [7, 11) is 0. The molecule has 2 aromatic rings. The van der Waals surface area contributed by atoms with Crippen molar-refractivity contribution < 1.29 is 9.53 Å². The molecule has 0 saturated heterocycles. The summed E-state index contributed by atoms with van der Waals surface area (Å²) >= 11 is 6.24. The molecule has 2 rings (SSSR count). The summed E-state index contributed by atoms with van der Waals surface area (Å²) in [4.78, 5) is 14.8. The van der Waals surface area contributed by atoms with Crippen LogP contribution in [0.15, 0.2) is 12.1 Å². The Morgan fingerprint density at radius 1 is 1.37 bits per heavy atom. The second-order valence-corrected chi connectivity index (χ2v) is 5.11. The van der Waals surface area contributed by atoms with E-state index in [2.05, 4.69) is 11.1 Å². The van der Waals surface area contributed by atoms with Crippen LogP contribution in [0.25, 0.3) is 10.9 Å². The quantitative estimate of drug-likeness (QED) is 0.862. The van der Waals surface area contributed by atoms with Crippen LogP contribution in [0.1, 0.15) is 30.2 Å². The number of halogens is 1. The Morgan fingerprint density at radius 3 is 2.79 bits per heavy atom. The third kappa shape index (κ3) is 2.92. The number of carbonyl (C=O) groups is 1. The van der Waals surface area contributed by atoms with E-state index in [1.165, 1.54) is 0 Å². The summed E-state index contributed by atoms with van der Waals surface area (Å²) in [6.45, 7) is 6.27. The SMILES string of the molecule is CCOC(=O)CCc1c(C)[nH]c2c(Cl)cc(C)cc12. The van der Waals surface area contributed by atoms with Crippen LogP contribution >= 0.6 is 11.6 Å². The van der Waals surface area contributed by atoms with Gasteiger partial charge in [0, 0.05) is 17.5 Å². The van der Waals surface area contributed by atoms with E-state index < -0.39 is 0 Å². The van der Waals surface area contributed by atoms with Gasteiger partial charge in [0.2, 0.25) is 0 Å². The van der Waals surface area contributed by atoms with Crippen LogP contribution in [0.3, 0.4) is 0 Å². The van der Waals surface area contributed by atoms with E-state index in [9.17, 15) is 4.79 Å². The molecule has 4 heteroatoms. The van der Waals surface area contributed by atoms with Gasteiger partial charge in [-0.2, -0.15) is 0 Å². The molecule has 0 spiro atoms. The number of aromatic amines is 1. The fraction of sp³-hybridized carbons (Fsp3) is 0.400. The summed E-state index contributed by atoms with van der Waals surface area (Å²) in [5.74, 6) is -0.157. The first kappa shape index (κ1) is 13.9. The van der Waals surface area contributed by atoms with Gasteiger partial charge >= 0.3 is 5.97 Å². The number of esters is 1. The molecule has 0 aliphatic rings. The number of H-pyrrole nitrogens is 1. The highest BCUT2D eigenvalue weighted by molar-refractivity contribution is 6.35. The number of benzene rings is 1. The molecule has 0 fully saturated rings. The van der Waals surface area contributed by atoms with Gasteiger partial charge in [0.05, 0.1) is 17.1 Å². The number of aromatic nitrogens is 1. The van der Waals surface area contributed by atoms with Gasteiger partial charge in [-0.3, -0.25) is 4.79 Å². The minimum absolute atomic E-state index is 0.157. The van der Waals surface area contributed by atoms with E-state index in [-0.39, 0.29) is 5.97 Å². The van der Waals surface area contributed by atoms with Gasteiger partial charge in [0.1, 0.15) is 0 Å². The first-order valence-corrected chi connectivity index (χ1v) is 6.83. The Kier molecular flexibility index (Phi) is 4.15. The number of rotatable bonds is 4. The molecule has 1 N–H and O–H groups in total. The number of ether oxygens (including phenoxy) is 1. The van der Waals surface area contributed by atoms with Crippen molar-refractivity contribution in [3.05, 3.63) is 34.0 Å². The zero-order chi connectivity index (χ0) is 14.0. The summed E-state index contributed by atoms with van der Waals surface area (Å²) in [6, 6.07) is 4.04. The third-order valence-corrected chi connectivity index (χ3v) is 3.51. The number of nitrogens with one attached hydrogen (secondary N) is 1. The lowest BCUT2D eigenvalue weighted by Crippen LogP contribution is -2.05. The molecule has 0 radical (unpaired) electrons. The fourth-order valence-corrected chi connectivity index (χ4v) is 2.68. The molecule has 0 saturated carbocycles. The van der Waals surface area contributed by atoms with E-state index in [1.807, 2.05) is 26.8 Å². The minimum atomic E-state index is -0.157. The van der Waals surface area contributed by atoms with Crippen LogP contribution < -0.4 is 0 Å². The second-order valence-electron chi connectivity index (χ2n) is 4.70. The van der Waals surface area contributed by atoms with Gasteiger partial charge in [0.25, 0.3) is 0 Å². The second kappa shape index (κ2) is 5.66. The molecule has 1 aromatic carbocycles. The van der Waals surface area contributed by atoms with Gasteiger partial charge in [-0.05, 0) is 50.5 Å². The molecule has 0 aliphatic carbocycles. The lowest BCUT2D eigenvalue weighted by atomic mass is 10.0. The molecule has 0 amide bonds. The molecular weight excluding hydrogens is 262 g/mol. The zero-order valence-corrected chi connectivity index (χ0v) is 12.2. The molecule has 19 heavy (non-hydrogen) atoms. The monoisotopic (exact) mass is 279 g/mol. The molecule has 0 aliphatic heterocycles. The average molecular weight is 280 g/mol. The van der Waals surface area contributed by atoms with Crippen molar-refractivity contribution in [3.63, 3.8) is 0 Å². The summed E-state index contributed by atoms with van der Waals surface area (Å²) in [5.41, 5.74) is 4.28. The normalized spacial score (nSPS) is 10.9. The standard InChI is InChI=1S/C15H18ClNO2/c1-4-19-14(18)6-5-11-10(3)17-15-12(11)7-9(2)8-13(15)16/h7-8,17H,4-6H2,1-3H3. The van der Waals surface area contributed by atoms with Gasteiger partial charge in [0.15, 0.2) is 0 Å². The molecule has 0 bridgehead atoms. The molecular formula is C15H18ClNO2. The summed E-state index contributed by atoms with van der Waals surface area (Å²) in [6.07, 6.45) is 1.07. The average Bonchev–Trinajstić information content (AvgIpc) is 2.64. The van der Waals surface area contributed by atoms with Crippen LogP contribution in [0.2, 0.25) is 5.02 Å². The van der Waals surface area contributed by atoms with Gasteiger partial charge in [-0.1, -0.05) is 11.6 Å². The van der Waals surface area contributed by atoms with Crippen molar-refractivity contribution in [3.8, 4) is 0 Å². The highest BCUT2D eigenvalue weighted by Crippen LogP contribution is 2.30. The number of fused-ring (bicyclic) bond motifs is 1. The smallest absolute Gasteiger partial charge is 0.306 e. The molecule has 102 valence electrons. The van der Waals surface area contributed by atoms with Crippen molar-refractivity contribution in [1.29, 1.82) is 0 Å². The van der Waals surface area contributed by atoms with Crippen molar-refractivity contribution in [1.82, 2.24) is 4.98 Å². The maximum absolute atomic E-state index is 11.5. The van der Waals surface area contributed by atoms with Crippen LogP contribution in [0.5, 0.6) is 0 Å². The van der Waals surface area contributed by atoms with Crippen molar-refractivity contribution in [2.45, 2.75) is 33.6 Å². The van der Waals surface area contributed by atoms with Crippen molar-refractivity contribution in [2.24, 2.45) is 0 Å². The minimum Gasteiger partial charge on any atom is -0.466 e. The van der Waals surface area contributed by atoms with Gasteiger partial charge in [-0.25, -0.2) is 0 Å². The number of hydrogen-bond acceptors (Lipinski definition) is 2. The Hall–Kier alpha value is -1.48. The first-order valence-electron chi connectivity index (χ1n) is 6.45. The molecule has 1 aromatic heterocycles. The van der Waals surface area contributed by atoms with Crippen molar-refractivity contribution in [2.75, 3.05) is 6.61 Å². The van der Waals surface area contributed by atoms with Crippen LogP contribution in [0.4, 0.5) is 0 Å². The Labute approximate surface area is 117 Å². The lowest BCUT2D eigenvalue weighted by molar-refractivity contribution is -0.143. The highest BCUT2D eigenvalue weighted by Gasteiger charge is 2.13. The molecule has 0 unspecified atom stereocenters. The maximum atomic E-state index is 11.5.